The van der Waals surface area contributed by atoms with Crippen molar-refractivity contribution in [2.75, 3.05) is 13.2 Å². The van der Waals surface area contributed by atoms with Crippen LogP contribution < -0.4 is 0 Å². The van der Waals surface area contributed by atoms with Gasteiger partial charge in [-0.15, -0.1) is 0 Å². The smallest absolute Gasteiger partial charge is 0.383 e. The first-order valence-electron chi connectivity index (χ1n) is 5.40. The normalized spacial score (nSPS) is 25.9. The van der Waals surface area contributed by atoms with Crippen molar-refractivity contribution in [3.8, 4) is 0 Å². The Morgan fingerprint density at radius 1 is 1.24 bits per heavy atom. The van der Waals surface area contributed by atoms with Gasteiger partial charge in [0.15, 0.2) is 0 Å². The lowest BCUT2D eigenvalue weighted by Crippen LogP contribution is -2.37. The Kier molecular flexibility index (Phi) is 3.14. The van der Waals surface area contributed by atoms with Gasteiger partial charge in [0, 0.05) is 6.61 Å². The number of halogens is 3. The van der Waals surface area contributed by atoms with Crippen molar-refractivity contribution in [3.63, 3.8) is 0 Å². The molecule has 0 spiro atoms. The van der Waals surface area contributed by atoms with Crippen LogP contribution in [0.15, 0.2) is 24.3 Å². The van der Waals surface area contributed by atoms with Gasteiger partial charge in [-0.25, -0.2) is 0 Å². The Morgan fingerprint density at radius 2 is 1.94 bits per heavy atom. The molecule has 1 unspecified atom stereocenters. The van der Waals surface area contributed by atoms with E-state index in [0.29, 0.717) is 19.4 Å². The molecule has 0 saturated carbocycles. The number of ether oxygens (including phenoxy) is 1. The fraction of sp³-hybridized carbons (Fsp3) is 0.500. The molecular formula is C12H13F3O2. The summed E-state index contributed by atoms with van der Waals surface area (Å²) in [7, 11) is 0. The molecule has 1 aromatic rings. The molecule has 1 aromatic carbocycles. The number of alkyl halides is 3. The second kappa shape index (κ2) is 4.31. The maximum Gasteiger partial charge on any atom is 0.416 e. The number of benzene rings is 1. The van der Waals surface area contributed by atoms with Crippen molar-refractivity contribution >= 4 is 0 Å². The summed E-state index contributed by atoms with van der Waals surface area (Å²) in [5, 5.41) is 10.3. The molecule has 1 saturated heterocycles. The Balaban J connectivity index is 2.44. The van der Waals surface area contributed by atoms with E-state index in [4.69, 9.17) is 4.74 Å². The lowest BCUT2D eigenvalue weighted by atomic mass is 9.85. The zero-order chi connectivity index (χ0) is 12.5. The van der Waals surface area contributed by atoms with E-state index in [1.807, 2.05) is 0 Å². The van der Waals surface area contributed by atoms with E-state index < -0.39 is 17.3 Å². The van der Waals surface area contributed by atoms with Gasteiger partial charge in [-0.3, -0.25) is 0 Å². The standard InChI is InChI=1S/C12H13F3O2/c13-12(14,15)10-5-2-1-4-9(10)11(16)6-3-7-17-8-11/h1-2,4-5,16H,3,6-8H2. The van der Waals surface area contributed by atoms with Crippen LogP contribution in [-0.4, -0.2) is 18.3 Å². The summed E-state index contributed by atoms with van der Waals surface area (Å²) in [6.45, 7) is 0.399. The molecule has 0 aliphatic carbocycles. The zero-order valence-corrected chi connectivity index (χ0v) is 9.13. The first-order valence-corrected chi connectivity index (χ1v) is 5.40. The number of rotatable bonds is 1. The highest BCUT2D eigenvalue weighted by Gasteiger charge is 2.41. The van der Waals surface area contributed by atoms with Crippen LogP contribution in [0, 0.1) is 0 Å². The molecule has 0 bridgehead atoms. The highest BCUT2D eigenvalue weighted by molar-refractivity contribution is 5.35. The van der Waals surface area contributed by atoms with Crippen LogP contribution in [0.4, 0.5) is 13.2 Å². The summed E-state index contributed by atoms with van der Waals surface area (Å²) < 4.78 is 43.6. The van der Waals surface area contributed by atoms with E-state index in [2.05, 4.69) is 0 Å². The molecule has 2 nitrogen and oxygen atoms in total. The molecule has 1 aliphatic heterocycles. The molecule has 1 aliphatic rings. The molecule has 1 N–H and O–H groups in total. The van der Waals surface area contributed by atoms with Crippen molar-refractivity contribution in [1.82, 2.24) is 0 Å². The zero-order valence-electron chi connectivity index (χ0n) is 9.13. The lowest BCUT2D eigenvalue weighted by molar-refractivity contribution is -0.145. The highest BCUT2D eigenvalue weighted by atomic mass is 19.4. The Hall–Kier alpha value is -1.07. The fourth-order valence-electron chi connectivity index (χ4n) is 2.13. The van der Waals surface area contributed by atoms with Crippen LogP contribution in [0.2, 0.25) is 0 Å². The average Bonchev–Trinajstić information content (AvgIpc) is 2.29. The number of hydrogen-bond acceptors (Lipinski definition) is 2. The first-order chi connectivity index (χ1) is 7.93. The molecule has 0 radical (unpaired) electrons. The summed E-state index contributed by atoms with van der Waals surface area (Å²) in [4.78, 5) is 0. The topological polar surface area (TPSA) is 29.5 Å². The van der Waals surface area contributed by atoms with E-state index in [9.17, 15) is 18.3 Å². The van der Waals surface area contributed by atoms with Crippen molar-refractivity contribution in [3.05, 3.63) is 35.4 Å². The van der Waals surface area contributed by atoms with Gasteiger partial charge in [0.05, 0.1) is 12.2 Å². The predicted molar refractivity (Wildman–Crippen MR) is 55.4 cm³/mol. The monoisotopic (exact) mass is 246 g/mol. The molecule has 1 fully saturated rings. The molecule has 1 atom stereocenters. The van der Waals surface area contributed by atoms with Gasteiger partial charge in [-0.05, 0) is 24.5 Å². The predicted octanol–water partition coefficient (Wildman–Crippen LogP) is 2.70. The third kappa shape index (κ3) is 2.45. The molecule has 1 heterocycles. The van der Waals surface area contributed by atoms with Crippen LogP contribution in [0.3, 0.4) is 0 Å². The first kappa shape index (κ1) is 12.4. The van der Waals surface area contributed by atoms with E-state index in [0.717, 1.165) is 6.07 Å². The summed E-state index contributed by atoms with van der Waals surface area (Å²) >= 11 is 0. The Labute approximate surface area is 97.0 Å². The largest absolute Gasteiger partial charge is 0.416 e. The van der Waals surface area contributed by atoms with Gasteiger partial charge >= 0.3 is 6.18 Å². The van der Waals surface area contributed by atoms with Crippen molar-refractivity contribution in [2.24, 2.45) is 0 Å². The van der Waals surface area contributed by atoms with Gasteiger partial charge < -0.3 is 9.84 Å². The third-order valence-corrected chi connectivity index (χ3v) is 2.95. The van der Waals surface area contributed by atoms with Gasteiger partial charge in [-0.2, -0.15) is 13.2 Å². The van der Waals surface area contributed by atoms with Crippen molar-refractivity contribution in [2.45, 2.75) is 24.6 Å². The Morgan fingerprint density at radius 3 is 2.53 bits per heavy atom. The second-order valence-electron chi connectivity index (χ2n) is 4.23. The SMILES string of the molecule is OC1(c2ccccc2C(F)(F)F)CCCOC1. The summed E-state index contributed by atoms with van der Waals surface area (Å²) in [5.41, 5.74) is -2.40. The van der Waals surface area contributed by atoms with Gasteiger partial charge in [0.1, 0.15) is 5.60 Å². The summed E-state index contributed by atoms with van der Waals surface area (Å²) in [5.74, 6) is 0. The van der Waals surface area contributed by atoms with E-state index >= 15 is 0 Å². The van der Waals surface area contributed by atoms with Crippen LogP contribution in [0.25, 0.3) is 0 Å². The quantitative estimate of drug-likeness (QED) is 0.825. The maximum atomic E-state index is 12.8. The fourth-order valence-corrected chi connectivity index (χ4v) is 2.13. The second-order valence-corrected chi connectivity index (χ2v) is 4.23. The lowest BCUT2D eigenvalue weighted by Gasteiger charge is -2.34. The van der Waals surface area contributed by atoms with Crippen LogP contribution in [-0.2, 0) is 16.5 Å². The van der Waals surface area contributed by atoms with Crippen LogP contribution in [0.1, 0.15) is 24.0 Å². The molecule has 0 amide bonds. The summed E-state index contributed by atoms with van der Waals surface area (Å²) in [6, 6.07) is 5.12. The van der Waals surface area contributed by atoms with E-state index in [1.165, 1.54) is 18.2 Å². The highest BCUT2D eigenvalue weighted by Crippen LogP contribution is 2.39. The molecule has 2 rings (SSSR count). The minimum Gasteiger partial charge on any atom is -0.383 e. The molecule has 0 aromatic heterocycles. The minimum absolute atomic E-state index is 0.0832. The number of aliphatic hydroxyl groups is 1. The molecule has 17 heavy (non-hydrogen) atoms. The van der Waals surface area contributed by atoms with Gasteiger partial charge in [-0.1, -0.05) is 18.2 Å². The average molecular weight is 246 g/mol. The van der Waals surface area contributed by atoms with Crippen molar-refractivity contribution < 1.29 is 23.0 Å². The molecular weight excluding hydrogens is 233 g/mol. The number of hydrogen-bond donors (Lipinski definition) is 1. The third-order valence-electron chi connectivity index (χ3n) is 2.95. The summed E-state index contributed by atoms with van der Waals surface area (Å²) in [6.07, 6.45) is -3.60. The van der Waals surface area contributed by atoms with Crippen LogP contribution in [0.5, 0.6) is 0 Å². The maximum absolute atomic E-state index is 12.8. The van der Waals surface area contributed by atoms with Crippen LogP contribution >= 0.6 is 0 Å². The molecule has 94 valence electrons. The van der Waals surface area contributed by atoms with E-state index in [-0.39, 0.29) is 12.2 Å². The van der Waals surface area contributed by atoms with Crippen molar-refractivity contribution in [1.29, 1.82) is 0 Å². The molecule has 5 heteroatoms. The van der Waals surface area contributed by atoms with Gasteiger partial charge in [0.2, 0.25) is 0 Å². The van der Waals surface area contributed by atoms with Gasteiger partial charge in [0.25, 0.3) is 0 Å². The Bertz CT molecular complexity index is 395. The van der Waals surface area contributed by atoms with E-state index in [1.54, 1.807) is 0 Å². The minimum atomic E-state index is -4.45.